The molecule has 2 aromatic rings. The van der Waals surface area contributed by atoms with Gasteiger partial charge >= 0.3 is 0 Å². The molecule has 2 rings (SSSR count). The molecule has 106 valence electrons. The molecule has 0 amide bonds. The zero-order valence-corrected chi connectivity index (χ0v) is 13.0. The first-order valence-electron chi connectivity index (χ1n) is 7.03. The molecule has 0 bridgehead atoms. The van der Waals surface area contributed by atoms with Crippen molar-refractivity contribution in [1.82, 2.24) is 10.3 Å². The van der Waals surface area contributed by atoms with Crippen LogP contribution in [-0.4, -0.2) is 11.5 Å². The van der Waals surface area contributed by atoms with E-state index in [1.165, 1.54) is 22.3 Å². The SMILES string of the molecule is CCCNC(c1cnccc1C)c1cc(Cl)ccc1C. The van der Waals surface area contributed by atoms with Crippen molar-refractivity contribution >= 4 is 11.6 Å². The zero-order chi connectivity index (χ0) is 14.5. The van der Waals surface area contributed by atoms with Crippen molar-refractivity contribution in [3.63, 3.8) is 0 Å². The molecule has 0 aliphatic rings. The minimum Gasteiger partial charge on any atom is -0.306 e. The van der Waals surface area contributed by atoms with E-state index in [1.54, 1.807) is 0 Å². The summed E-state index contributed by atoms with van der Waals surface area (Å²) in [5.74, 6) is 0. The fourth-order valence-corrected chi connectivity index (χ4v) is 2.56. The van der Waals surface area contributed by atoms with Gasteiger partial charge in [-0.3, -0.25) is 4.98 Å². The number of nitrogens with one attached hydrogen (secondary N) is 1. The average Bonchev–Trinajstić information content (AvgIpc) is 2.44. The first kappa shape index (κ1) is 15.0. The second kappa shape index (κ2) is 6.87. The fraction of sp³-hybridized carbons (Fsp3) is 0.353. The van der Waals surface area contributed by atoms with Crippen LogP contribution in [0.5, 0.6) is 0 Å². The van der Waals surface area contributed by atoms with Crippen LogP contribution in [0.25, 0.3) is 0 Å². The van der Waals surface area contributed by atoms with Crippen molar-refractivity contribution in [3.05, 3.63) is 63.9 Å². The molecular formula is C17H21ClN2. The molecule has 3 heteroatoms. The second-order valence-corrected chi connectivity index (χ2v) is 5.56. The highest BCUT2D eigenvalue weighted by Gasteiger charge is 2.17. The number of aromatic nitrogens is 1. The molecule has 1 atom stereocenters. The highest BCUT2D eigenvalue weighted by atomic mass is 35.5. The summed E-state index contributed by atoms with van der Waals surface area (Å²) in [5.41, 5.74) is 4.92. The van der Waals surface area contributed by atoms with Crippen LogP contribution in [0.2, 0.25) is 5.02 Å². The van der Waals surface area contributed by atoms with Crippen molar-refractivity contribution in [2.75, 3.05) is 6.54 Å². The Kier molecular flexibility index (Phi) is 5.16. The van der Waals surface area contributed by atoms with Gasteiger partial charge in [0.25, 0.3) is 0 Å². The van der Waals surface area contributed by atoms with Gasteiger partial charge in [0.05, 0.1) is 6.04 Å². The van der Waals surface area contributed by atoms with Crippen LogP contribution in [-0.2, 0) is 0 Å². The van der Waals surface area contributed by atoms with Gasteiger partial charge < -0.3 is 5.32 Å². The summed E-state index contributed by atoms with van der Waals surface area (Å²) in [6.07, 6.45) is 4.87. The third kappa shape index (κ3) is 3.38. The van der Waals surface area contributed by atoms with Crippen molar-refractivity contribution in [1.29, 1.82) is 0 Å². The number of hydrogen-bond acceptors (Lipinski definition) is 2. The van der Waals surface area contributed by atoms with Gasteiger partial charge in [-0.2, -0.15) is 0 Å². The first-order valence-corrected chi connectivity index (χ1v) is 7.41. The number of aryl methyl sites for hydroxylation is 2. The summed E-state index contributed by atoms with van der Waals surface area (Å²) >= 11 is 6.18. The van der Waals surface area contributed by atoms with E-state index in [0.29, 0.717) is 0 Å². The lowest BCUT2D eigenvalue weighted by Gasteiger charge is -2.23. The van der Waals surface area contributed by atoms with Gasteiger partial charge in [0.2, 0.25) is 0 Å². The van der Waals surface area contributed by atoms with Crippen LogP contribution in [0, 0.1) is 13.8 Å². The minimum atomic E-state index is 0.141. The maximum Gasteiger partial charge on any atom is 0.0597 e. The van der Waals surface area contributed by atoms with Crippen LogP contribution in [0.3, 0.4) is 0 Å². The molecule has 0 aliphatic heterocycles. The Morgan fingerprint density at radius 1 is 1.15 bits per heavy atom. The highest BCUT2D eigenvalue weighted by Crippen LogP contribution is 2.28. The highest BCUT2D eigenvalue weighted by molar-refractivity contribution is 6.30. The molecule has 0 saturated heterocycles. The molecule has 1 aromatic carbocycles. The van der Waals surface area contributed by atoms with Gasteiger partial charge in [-0.1, -0.05) is 24.6 Å². The Balaban J connectivity index is 2.47. The van der Waals surface area contributed by atoms with Crippen LogP contribution in [0.15, 0.2) is 36.7 Å². The molecule has 1 unspecified atom stereocenters. The summed E-state index contributed by atoms with van der Waals surface area (Å²) in [5, 5.41) is 4.39. The van der Waals surface area contributed by atoms with Gasteiger partial charge in [0, 0.05) is 17.4 Å². The average molecular weight is 289 g/mol. The number of pyridine rings is 1. The van der Waals surface area contributed by atoms with Crippen LogP contribution in [0.4, 0.5) is 0 Å². The molecule has 1 N–H and O–H groups in total. The monoisotopic (exact) mass is 288 g/mol. The third-order valence-corrected chi connectivity index (χ3v) is 3.78. The minimum absolute atomic E-state index is 0.141. The molecule has 0 fully saturated rings. The second-order valence-electron chi connectivity index (χ2n) is 5.12. The molecule has 0 saturated carbocycles. The quantitative estimate of drug-likeness (QED) is 0.880. The largest absolute Gasteiger partial charge is 0.306 e. The van der Waals surface area contributed by atoms with E-state index in [-0.39, 0.29) is 6.04 Å². The fourth-order valence-electron chi connectivity index (χ4n) is 2.38. The van der Waals surface area contributed by atoms with E-state index in [9.17, 15) is 0 Å². The van der Waals surface area contributed by atoms with E-state index >= 15 is 0 Å². The number of benzene rings is 1. The third-order valence-electron chi connectivity index (χ3n) is 3.54. The summed E-state index contributed by atoms with van der Waals surface area (Å²) in [6.45, 7) is 7.38. The molecule has 0 spiro atoms. The number of hydrogen-bond donors (Lipinski definition) is 1. The predicted octanol–water partition coefficient (Wildman–Crippen LogP) is 4.44. The van der Waals surface area contributed by atoms with Crippen LogP contribution in [0.1, 0.15) is 41.6 Å². The number of rotatable bonds is 5. The maximum atomic E-state index is 6.18. The lowest BCUT2D eigenvalue weighted by Crippen LogP contribution is -2.24. The molecule has 0 aliphatic carbocycles. The Labute approximate surface area is 126 Å². The van der Waals surface area contributed by atoms with Gasteiger partial charge in [-0.05, 0) is 67.3 Å². The van der Waals surface area contributed by atoms with Crippen molar-refractivity contribution < 1.29 is 0 Å². The van der Waals surface area contributed by atoms with Crippen molar-refractivity contribution in [2.45, 2.75) is 33.2 Å². The Hall–Kier alpha value is -1.38. The molecule has 20 heavy (non-hydrogen) atoms. The van der Waals surface area contributed by atoms with E-state index in [0.717, 1.165) is 18.0 Å². The zero-order valence-electron chi connectivity index (χ0n) is 12.3. The molecule has 1 aromatic heterocycles. The van der Waals surface area contributed by atoms with Crippen molar-refractivity contribution in [3.8, 4) is 0 Å². The molecule has 0 radical (unpaired) electrons. The van der Waals surface area contributed by atoms with E-state index in [1.807, 2.05) is 18.5 Å². The topological polar surface area (TPSA) is 24.9 Å². The maximum absolute atomic E-state index is 6.18. The predicted molar refractivity (Wildman–Crippen MR) is 85.3 cm³/mol. The lowest BCUT2D eigenvalue weighted by atomic mass is 9.93. The summed E-state index contributed by atoms with van der Waals surface area (Å²) in [6, 6.07) is 8.26. The first-order chi connectivity index (χ1) is 9.63. The number of halogens is 1. The van der Waals surface area contributed by atoms with Crippen LogP contribution >= 0.6 is 11.6 Å². The van der Waals surface area contributed by atoms with E-state index < -0.39 is 0 Å². The molecular weight excluding hydrogens is 268 g/mol. The normalized spacial score (nSPS) is 12.4. The lowest BCUT2D eigenvalue weighted by molar-refractivity contribution is 0.592. The number of nitrogens with zero attached hydrogens (tertiary/aromatic N) is 1. The van der Waals surface area contributed by atoms with Gasteiger partial charge in [-0.25, -0.2) is 0 Å². The Morgan fingerprint density at radius 3 is 2.60 bits per heavy atom. The van der Waals surface area contributed by atoms with Gasteiger partial charge in [0.15, 0.2) is 0 Å². The Bertz CT molecular complexity index is 581. The van der Waals surface area contributed by atoms with E-state index in [4.69, 9.17) is 11.6 Å². The molecule has 2 nitrogen and oxygen atoms in total. The summed E-state index contributed by atoms with van der Waals surface area (Å²) in [4.78, 5) is 4.28. The van der Waals surface area contributed by atoms with Crippen molar-refractivity contribution in [2.24, 2.45) is 0 Å². The standard InChI is InChI=1S/C17H21ClN2/c1-4-8-20-17(16-11-19-9-7-13(16)3)15-10-14(18)6-5-12(15)2/h5-7,9-11,17,20H,4,8H2,1-3H3. The summed E-state index contributed by atoms with van der Waals surface area (Å²) < 4.78 is 0. The summed E-state index contributed by atoms with van der Waals surface area (Å²) in [7, 11) is 0. The van der Waals surface area contributed by atoms with Gasteiger partial charge in [-0.15, -0.1) is 0 Å². The smallest absolute Gasteiger partial charge is 0.0597 e. The van der Waals surface area contributed by atoms with E-state index in [2.05, 4.69) is 49.3 Å². The van der Waals surface area contributed by atoms with Crippen LogP contribution < -0.4 is 5.32 Å². The molecule has 1 heterocycles. The Morgan fingerprint density at radius 2 is 1.90 bits per heavy atom. The van der Waals surface area contributed by atoms with Gasteiger partial charge in [0.1, 0.15) is 0 Å².